The Kier molecular flexibility index (Phi) is 4.63. The molecule has 0 spiro atoms. The maximum absolute atomic E-state index is 11.0. The molecule has 4 saturated carbocycles. The van der Waals surface area contributed by atoms with Crippen LogP contribution in [0.2, 0.25) is 0 Å². The van der Waals surface area contributed by atoms with Crippen LogP contribution in [-0.4, -0.2) is 10.7 Å². The normalized spacial score (nSPS) is 52.2. The second-order valence-corrected chi connectivity index (χ2v) is 10.7. The summed E-state index contributed by atoms with van der Waals surface area (Å²) in [6, 6.07) is 0. The minimum Gasteiger partial charge on any atom is -0.390 e. The topological polar surface area (TPSA) is 20.2 Å². The molecule has 0 aromatic rings. The molecule has 0 aliphatic heterocycles. The van der Waals surface area contributed by atoms with Gasteiger partial charge in [0.25, 0.3) is 0 Å². The van der Waals surface area contributed by atoms with Crippen LogP contribution in [0, 0.1) is 40.9 Å². The smallest absolute Gasteiger partial charge is 0.0650 e. The molecule has 4 aliphatic carbocycles. The minimum absolute atomic E-state index is 0.329. The number of hydrogen-bond donors (Lipinski definition) is 1. The van der Waals surface area contributed by atoms with Crippen LogP contribution < -0.4 is 0 Å². The van der Waals surface area contributed by atoms with Crippen LogP contribution in [0.25, 0.3) is 0 Å². The largest absolute Gasteiger partial charge is 0.390 e. The number of fused-ring (bicyclic) bond motifs is 5. The second-order valence-electron chi connectivity index (χ2n) is 10.7. The molecule has 0 aromatic carbocycles. The van der Waals surface area contributed by atoms with Gasteiger partial charge in [-0.15, -0.1) is 0 Å². The predicted molar refractivity (Wildman–Crippen MR) is 105 cm³/mol. The Morgan fingerprint density at radius 2 is 1.76 bits per heavy atom. The van der Waals surface area contributed by atoms with Crippen molar-refractivity contribution in [2.45, 2.75) is 97.0 Å². The fourth-order valence-electron chi connectivity index (χ4n) is 8.46. The van der Waals surface area contributed by atoms with Gasteiger partial charge in [0.2, 0.25) is 0 Å². The van der Waals surface area contributed by atoms with Crippen molar-refractivity contribution in [2.75, 3.05) is 0 Å². The molecular weight excluding hydrogens is 304 g/mol. The van der Waals surface area contributed by atoms with E-state index in [0.29, 0.717) is 5.41 Å². The minimum atomic E-state index is -0.329. The van der Waals surface area contributed by atoms with Crippen molar-refractivity contribution in [1.29, 1.82) is 0 Å². The number of aliphatic hydroxyl groups is 1. The van der Waals surface area contributed by atoms with Gasteiger partial charge in [-0.25, -0.2) is 0 Å². The molecule has 0 saturated heterocycles. The zero-order valence-electron chi connectivity index (χ0n) is 16.9. The quantitative estimate of drug-likeness (QED) is 0.590. The average Bonchev–Trinajstić information content (AvgIpc) is 2.91. The lowest BCUT2D eigenvalue weighted by molar-refractivity contribution is -0.106. The van der Waals surface area contributed by atoms with Crippen LogP contribution in [0.15, 0.2) is 12.2 Å². The summed E-state index contributed by atoms with van der Waals surface area (Å²) in [5, 5.41) is 11.0. The molecule has 25 heavy (non-hydrogen) atoms. The van der Waals surface area contributed by atoms with E-state index in [0.717, 1.165) is 61.2 Å². The van der Waals surface area contributed by atoms with E-state index in [1.165, 1.54) is 50.5 Å². The van der Waals surface area contributed by atoms with Crippen molar-refractivity contribution >= 4 is 0 Å². The first-order valence-corrected chi connectivity index (χ1v) is 11.3. The summed E-state index contributed by atoms with van der Waals surface area (Å²) in [7, 11) is 0. The third kappa shape index (κ3) is 2.84. The molecule has 4 rings (SSSR count). The van der Waals surface area contributed by atoms with E-state index in [2.05, 4.69) is 27.4 Å². The van der Waals surface area contributed by atoms with Crippen LogP contribution in [0.5, 0.6) is 0 Å². The molecule has 0 aromatic heterocycles. The van der Waals surface area contributed by atoms with Crippen molar-refractivity contribution in [3.63, 3.8) is 0 Å². The molecule has 0 unspecified atom stereocenters. The zero-order chi connectivity index (χ0) is 17.8. The Balaban J connectivity index is 1.51. The van der Waals surface area contributed by atoms with Gasteiger partial charge in [0, 0.05) is 0 Å². The summed E-state index contributed by atoms with van der Waals surface area (Å²) in [4.78, 5) is 0. The maximum atomic E-state index is 11.0. The second kappa shape index (κ2) is 6.39. The molecule has 0 heterocycles. The van der Waals surface area contributed by atoms with Crippen LogP contribution in [0.4, 0.5) is 0 Å². The monoisotopic (exact) mass is 344 g/mol. The lowest BCUT2D eigenvalue weighted by Crippen LogP contribution is -2.51. The summed E-state index contributed by atoms with van der Waals surface area (Å²) in [5.74, 6) is 5.40. The average molecular weight is 345 g/mol. The highest BCUT2D eigenvalue weighted by Crippen LogP contribution is 2.65. The SMILES string of the molecule is C=C(C)[C@H]1CC[C@H]2[C@@H]3CC[C@H]4C[C@@](O)(CCC)CC[C@@H]4[C@H]3CC[C@]12C. The van der Waals surface area contributed by atoms with Crippen LogP contribution in [0.1, 0.15) is 91.4 Å². The highest BCUT2D eigenvalue weighted by molar-refractivity contribution is 5.14. The summed E-state index contributed by atoms with van der Waals surface area (Å²) in [6.45, 7) is 11.5. The summed E-state index contributed by atoms with van der Waals surface area (Å²) in [6.07, 6.45) is 14.2. The van der Waals surface area contributed by atoms with Gasteiger partial charge in [-0.2, -0.15) is 0 Å². The standard InChI is InChI=1S/C24H40O/c1-5-12-24(25)14-11-18-17(15-24)6-7-20-19(18)10-13-23(4)21(16(2)3)8-9-22(20)23/h17-22,25H,2,5-15H2,1,3-4H3/t17-,18-,19+,20+,21+,22-,23+,24+/m0/s1. The first-order valence-electron chi connectivity index (χ1n) is 11.3. The Hall–Kier alpha value is -0.300. The van der Waals surface area contributed by atoms with E-state index >= 15 is 0 Å². The van der Waals surface area contributed by atoms with E-state index in [9.17, 15) is 5.11 Å². The third-order valence-corrected chi connectivity index (χ3v) is 9.41. The molecule has 1 heteroatoms. The Morgan fingerprint density at radius 1 is 1.00 bits per heavy atom. The first kappa shape index (κ1) is 18.1. The van der Waals surface area contributed by atoms with Crippen molar-refractivity contribution in [3.05, 3.63) is 12.2 Å². The Morgan fingerprint density at radius 3 is 2.48 bits per heavy atom. The Labute approximate surface area is 155 Å². The summed E-state index contributed by atoms with van der Waals surface area (Å²) < 4.78 is 0. The molecule has 1 N–H and O–H groups in total. The van der Waals surface area contributed by atoms with Gasteiger partial charge in [0.15, 0.2) is 0 Å². The zero-order valence-corrected chi connectivity index (χ0v) is 16.9. The first-order chi connectivity index (χ1) is 11.9. The molecule has 0 bridgehead atoms. The molecule has 4 aliphatic rings. The van der Waals surface area contributed by atoms with Gasteiger partial charge in [-0.1, -0.05) is 32.4 Å². The van der Waals surface area contributed by atoms with Crippen molar-refractivity contribution in [1.82, 2.24) is 0 Å². The number of allylic oxidation sites excluding steroid dienone is 1. The molecule has 1 nitrogen and oxygen atoms in total. The number of rotatable bonds is 3. The van der Waals surface area contributed by atoms with Gasteiger partial charge in [-0.05, 0) is 112 Å². The fourth-order valence-corrected chi connectivity index (χ4v) is 8.46. The van der Waals surface area contributed by atoms with Gasteiger partial charge in [0.05, 0.1) is 5.60 Å². The lowest BCUT2D eigenvalue weighted by Gasteiger charge is -2.57. The Bertz CT molecular complexity index is 524. The van der Waals surface area contributed by atoms with Gasteiger partial charge in [0.1, 0.15) is 0 Å². The van der Waals surface area contributed by atoms with Crippen molar-refractivity contribution < 1.29 is 5.11 Å². The van der Waals surface area contributed by atoms with Gasteiger partial charge < -0.3 is 5.11 Å². The number of hydrogen-bond acceptors (Lipinski definition) is 1. The lowest BCUT2D eigenvalue weighted by atomic mass is 9.48. The molecule has 8 atom stereocenters. The molecule has 0 amide bonds. The van der Waals surface area contributed by atoms with Crippen LogP contribution >= 0.6 is 0 Å². The summed E-state index contributed by atoms with van der Waals surface area (Å²) in [5.41, 5.74) is 1.65. The third-order valence-electron chi connectivity index (χ3n) is 9.41. The molecule has 142 valence electrons. The fraction of sp³-hybridized carbons (Fsp3) is 0.917. The molecular formula is C24H40O. The van der Waals surface area contributed by atoms with E-state index in [4.69, 9.17) is 0 Å². The summed E-state index contributed by atoms with van der Waals surface area (Å²) >= 11 is 0. The molecule has 4 fully saturated rings. The van der Waals surface area contributed by atoms with Gasteiger partial charge >= 0.3 is 0 Å². The molecule has 0 radical (unpaired) electrons. The highest BCUT2D eigenvalue weighted by atomic mass is 16.3. The van der Waals surface area contributed by atoms with Crippen LogP contribution in [-0.2, 0) is 0 Å². The van der Waals surface area contributed by atoms with Gasteiger partial charge in [-0.3, -0.25) is 0 Å². The predicted octanol–water partition coefficient (Wildman–Crippen LogP) is 6.36. The highest BCUT2D eigenvalue weighted by Gasteiger charge is 2.57. The maximum Gasteiger partial charge on any atom is 0.0650 e. The van der Waals surface area contributed by atoms with E-state index in [-0.39, 0.29) is 5.60 Å². The van der Waals surface area contributed by atoms with Crippen LogP contribution in [0.3, 0.4) is 0 Å². The van der Waals surface area contributed by atoms with Crippen molar-refractivity contribution in [3.8, 4) is 0 Å². The van der Waals surface area contributed by atoms with E-state index in [1.807, 2.05) is 0 Å². The van der Waals surface area contributed by atoms with E-state index < -0.39 is 0 Å². The van der Waals surface area contributed by atoms with Crippen molar-refractivity contribution in [2.24, 2.45) is 40.9 Å². The van der Waals surface area contributed by atoms with E-state index in [1.54, 1.807) is 0 Å².